The van der Waals surface area contributed by atoms with Crippen LogP contribution in [0.15, 0.2) is 18.2 Å². The van der Waals surface area contributed by atoms with Gasteiger partial charge in [-0.25, -0.2) is 0 Å². The zero-order chi connectivity index (χ0) is 14.6. The lowest BCUT2D eigenvalue weighted by Crippen LogP contribution is -2.35. The van der Waals surface area contributed by atoms with Crippen LogP contribution >= 0.6 is 0 Å². The van der Waals surface area contributed by atoms with Crippen LogP contribution in [0, 0.1) is 23.0 Å². The zero-order valence-corrected chi connectivity index (χ0v) is 11.2. The number of benzene rings is 1. The van der Waals surface area contributed by atoms with Gasteiger partial charge in [-0.15, -0.1) is 0 Å². The first kappa shape index (κ1) is 15.1. The van der Waals surface area contributed by atoms with Gasteiger partial charge in [-0.1, -0.05) is 26.0 Å². The van der Waals surface area contributed by atoms with Gasteiger partial charge in [-0.05, 0) is 18.9 Å². The van der Waals surface area contributed by atoms with E-state index >= 15 is 0 Å². The number of aliphatic hydroxyl groups is 1. The molecule has 0 saturated carbocycles. The SMILES string of the molecule is Cc1cccc(C(=O)NCC(O)C(C)C)c1[N+](=O)[O-]. The number of nitro benzene ring substituents is 1. The summed E-state index contributed by atoms with van der Waals surface area (Å²) >= 11 is 0. The minimum atomic E-state index is -0.673. The summed E-state index contributed by atoms with van der Waals surface area (Å²) in [5, 5.41) is 23.1. The van der Waals surface area contributed by atoms with Crippen molar-refractivity contribution in [2.24, 2.45) is 5.92 Å². The van der Waals surface area contributed by atoms with Gasteiger partial charge in [0, 0.05) is 12.1 Å². The fourth-order valence-electron chi connectivity index (χ4n) is 1.61. The van der Waals surface area contributed by atoms with Gasteiger partial charge in [0.05, 0.1) is 11.0 Å². The molecule has 0 aliphatic carbocycles. The van der Waals surface area contributed by atoms with E-state index in [-0.39, 0.29) is 23.7 Å². The Bertz CT molecular complexity index is 486. The van der Waals surface area contributed by atoms with E-state index in [9.17, 15) is 20.0 Å². The van der Waals surface area contributed by atoms with Gasteiger partial charge in [0.25, 0.3) is 11.6 Å². The fourth-order valence-corrected chi connectivity index (χ4v) is 1.61. The molecule has 1 atom stereocenters. The molecule has 1 aromatic rings. The van der Waals surface area contributed by atoms with E-state index in [0.29, 0.717) is 5.56 Å². The first-order chi connectivity index (χ1) is 8.84. The van der Waals surface area contributed by atoms with Crippen molar-refractivity contribution >= 4 is 11.6 Å². The second kappa shape index (κ2) is 6.29. The molecule has 0 radical (unpaired) electrons. The van der Waals surface area contributed by atoms with Gasteiger partial charge in [-0.2, -0.15) is 0 Å². The van der Waals surface area contributed by atoms with E-state index in [0.717, 1.165) is 0 Å². The highest BCUT2D eigenvalue weighted by molar-refractivity contribution is 5.98. The molecule has 2 N–H and O–H groups in total. The first-order valence-electron chi connectivity index (χ1n) is 6.04. The van der Waals surface area contributed by atoms with E-state index in [2.05, 4.69) is 5.32 Å². The number of carbonyl (C=O) groups is 1. The van der Waals surface area contributed by atoms with Gasteiger partial charge in [-0.3, -0.25) is 14.9 Å². The summed E-state index contributed by atoms with van der Waals surface area (Å²) in [5.74, 6) is -0.539. The largest absolute Gasteiger partial charge is 0.391 e. The van der Waals surface area contributed by atoms with Crippen molar-refractivity contribution in [3.05, 3.63) is 39.4 Å². The maximum atomic E-state index is 11.9. The Hall–Kier alpha value is -1.95. The van der Waals surface area contributed by atoms with Crippen LogP contribution in [-0.2, 0) is 0 Å². The van der Waals surface area contributed by atoms with Crippen LogP contribution in [0.5, 0.6) is 0 Å². The molecule has 1 unspecified atom stereocenters. The van der Waals surface area contributed by atoms with Gasteiger partial charge >= 0.3 is 0 Å². The number of nitro groups is 1. The lowest BCUT2D eigenvalue weighted by atomic mass is 10.1. The number of carbonyl (C=O) groups excluding carboxylic acids is 1. The fraction of sp³-hybridized carbons (Fsp3) is 0.462. The van der Waals surface area contributed by atoms with Crippen LogP contribution in [0.4, 0.5) is 5.69 Å². The smallest absolute Gasteiger partial charge is 0.285 e. The van der Waals surface area contributed by atoms with E-state index in [4.69, 9.17) is 0 Å². The Morgan fingerprint density at radius 2 is 2.11 bits per heavy atom. The topological polar surface area (TPSA) is 92.5 Å². The Morgan fingerprint density at radius 3 is 2.63 bits per heavy atom. The average molecular weight is 266 g/mol. The van der Waals surface area contributed by atoms with Crippen LogP contribution < -0.4 is 5.32 Å². The quantitative estimate of drug-likeness (QED) is 0.626. The molecular formula is C13H18N2O4. The lowest BCUT2D eigenvalue weighted by molar-refractivity contribution is -0.385. The van der Waals surface area contributed by atoms with Crippen molar-refractivity contribution in [3.8, 4) is 0 Å². The number of rotatable bonds is 5. The summed E-state index contributed by atoms with van der Waals surface area (Å²) in [6, 6.07) is 4.58. The predicted octanol–water partition coefficient (Wildman–Crippen LogP) is 1.65. The summed E-state index contributed by atoms with van der Waals surface area (Å²) in [6.45, 7) is 5.30. The second-order valence-corrected chi connectivity index (χ2v) is 4.75. The molecular weight excluding hydrogens is 248 g/mol. The van der Waals surface area contributed by atoms with E-state index in [1.807, 2.05) is 13.8 Å². The summed E-state index contributed by atoms with van der Waals surface area (Å²) in [4.78, 5) is 22.3. The number of aryl methyl sites for hydroxylation is 1. The standard InChI is InChI=1S/C13H18N2O4/c1-8(2)11(16)7-14-13(17)10-6-4-5-9(3)12(10)15(18)19/h4-6,8,11,16H,7H2,1-3H3,(H,14,17). The van der Waals surface area contributed by atoms with Crippen molar-refractivity contribution in [3.63, 3.8) is 0 Å². The van der Waals surface area contributed by atoms with Crippen molar-refractivity contribution in [1.82, 2.24) is 5.32 Å². The van der Waals surface area contributed by atoms with E-state index < -0.39 is 16.9 Å². The Morgan fingerprint density at radius 1 is 1.47 bits per heavy atom. The predicted molar refractivity (Wildman–Crippen MR) is 71.0 cm³/mol. The Labute approximate surface area is 111 Å². The third kappa shape index (κ3) is 3.75. The first-order valence-corrected chi connectivity index (χ1v) is 6.04. The van der Waals surface area contributed by atoms with Crippen LogP contribution in [0.25, 0.3) is 0 Å². The van der Waals surface area contributed by atoms with Crippen LogP contribution in [0.2, 0.25) is 0 Å². The molecule has 1 aromatic carbocycles. The highest BCUT2D eigenvalue weighted by Crippen LogP contribution is 2.22. The number of amides is 1. The molecule has 0 saturated heterocycles. The number of nitrogens with zero attached hydrogens (tertiary/aromatic N) is 1. The molecule has 1 amide bonds. The summed E-state index contributed by atoms with van der Waals surface area (Å²) in [5.41, 5.74) is 0.252. The van der Waals surface area contributed by atoms with Gasteiger partial charge in [0.1, 0.15) is 5.56 Å². The van der Waals surface area contributed by atoms with Crippen molar-refractivity contribution in [2.75, 3.05) is 6.54 Å². The van der Waals surface area contributed by atoms with Gasteiger partial charge in [0.2, 0.25) is 0 Å². The molecule has 19 heavy (non-hydrogen) atoms. The number of nitrogens with one attached hydrogen (secondary N) is 1. The maximum absolute atomic E-state index is 11.9. The van der Waals surface area contributed by atoms with Crippen LogP contribution in [0.3, 0.4) is 0 Å². The zero-order valence-electron chi connectivity index (χ0n) is 11.2. The Balaban J connectivity index is 2.89. The molecule has 0 spiro atoms. The number of hydrogen-bond donors (Lipinski definition) is 2. The Kier molecular flexibility index (Phi) is 5.00. The third-order valence-corrected chi connectivity index (χ3v) is 2.91. The molecule has 0 aliphatic heterocycles. The van der Waals surface area contributed by atoms with Crippen molar-refractivity contribution in [1.29, 1.82) is 0 Å². The molecule has 0 aliphatic rings. The maximum Gasteiger partial charge on any atom is 0.285 e. The summed E-state index contributed by atoms with van der Waals surface area (Å²) < 4.78 is 0. The van der Waals surface area contributed by atoms with Crippen molar-refractivity contribution < 1.29 is 14.8 Å². The molecule has 0 aromatic heterocycles. The minimum absolute atomic E-state index is 0.00722. The number of para-hydroxylation sites is 1. The van der Waals surface area contributed by atoms with E-state index in [1.165, 1.54) is 6.07 Å². The molecule has 104 valence electrons. The molecule has 0 bridgehead atoms. The number of hydrogen-bond acceptors (Lipinski definition) is 4. The average Bonchev–Trinajstić information content (AvgIpc) is 2.34. The van der Waals surface area contributed by atoms with Gasteiger partial charge in [0.15, 0.2) is 0 Å². The third-order valence-electron chi connectivity index (χ3n) is 2.91. The minimum Gasteiger partial charge on any atom is -0.391 e. The second-order valence-electron chi connectivity index (χ2n) is 4.75. The summed E-state index contributed by atoms with van der Waals surface area (Å²) in [6.07, 6.45) is -0.673. The lowest BCUT2D eigenvalue weighted by Gasteiger charge is -2.15. The molecule has 6 heteroatoms. The highest BCUT2D eigenvalue weighted by Gasteiger charge is 2.22. The molecule has 1 rings (SSSR count). The van der Waals surface area contributed by atoms with Crippen LogP contribution in [0.1, 0.15) is 29.8 Å². The van der Waals surface area contributed by atoms with E-state index in [1.54, 1.807) is 19.1 Å². The summed E-state index contributed by atoms with van der Waals surface area (Å²) in [7, 11) is 0. The number of aliphatic hydroxyl groups excluding tert-OH is 1. The van der Waals surface area contributed by atoms with Crippen molar-refractivity contribution in [2.45, 2.75) is 26.9 Å². The molecule has 0 heterocycles. The van der Waals surface area contributed by atoms with Gasteiger partial charge < -0.3 is 10.4 Å². The normalized spacial score (nSPS) is 12.3. The molecule has 6 nitrogen and oxygen atoms in total. The monoisotopic (exact) mass is 266 g/mol. The molecule has 0 fully saturated rings. The van der Waals surface area contributed by atoms with Crippen LogP contribution in [-0.4, -0.2) is 28.6 Å². The highest BCUT2D eigenvalue weighted by atomic mass is 16.6.